The van der Waals surface area contributed by atoms with E-state index >= 15 is 0 Å². The van der Waals surface area contributed by atoms with E-state index in [1.807, 2.05) is 7.11 Å². The maximum Gasteiger partial charge on any atom is 0.0502 e. The van der Waals surface area contributed by atoms with Gasteiger partial charge in [0.15, 0.2) is 0 Å². The minimum absolute atomic E-state index is 0.709. The quantitative estimate of drug-likeness (QED) is 0.660. The average molecular weight is 242 g/mol. The Labute approximate surface area is 107 Å². The van der Waals surface area contributed by atoms with Gasteiger partial charge in [-0.15, -0.1) is 0 Å². The lowest BCUT2D eigenvalue weighted by atomic mass is 9.97. The molecule has 0 bridgehead atoms. The van der Waals surface area contributed by atoms with Crippen LogP contribution in [0, 0.1) is 5.92 Å². The molecule has 3 heteroatoms. The Morgan fingerprint density at radius 1 is 1.41 bits per heavy atom. The van der Waals surface area contributed by atoms with Gasteiger partial charge in [0.2, 0.25) is 0 Å². The molecule has 0 radical (unpaired) electrons. The van der Waals surface area contributed by atoms with Crippen molar-refractivity contribution in [1.29, 1.82) is 0 Å². The summed E-state index contributed by atoms with van der Waals surface area (Å²) in [6.07, 6.45) is 5.14. The number of likely N-dealkylation sites (tertiary alicyclic amines) is 1. The first-order chi connectivity index (χ1) is 8.31. The van der Waals surface area contributed by atoms with Gasteiger partial charge in [-0.3, -0.25) is 4.90 Å². The minimum Gasteiger partial charge on any atom is -0.384 e. The average Bonchev–Trinajstić information content (AvgIpc) is 2.35. The van der Waals surface area contributed by atoms with E-state index in [1.54, 1.807) is 0 Å². The van der Waals surface area contributed by atoms with Gasteiger partial charge in [0, 0.05) is 26.2 Å². The molecule has 0 aromatic rings. The van der Waals surface area contributed by atoms with E-state index in [4.69, 9.17) is 4.74 Å². The standard InChI is InChI=1S/C14H30N2O/c1-4-8-15-10-14(5-2)16-9-6-7-13(11-16)12-17-3/h13-15H,4-12H2,1-3H3. The van der Waals surface area contributed by atoms with Crippen LogP contribution in [0.5, 0.6) is 0 Å². The topological polar surface area (TPSA) is 24.5 Å². The summed E-state index contributed by atoms with van der Waals surface area (Å²) in [4.78, 5) is 2.66. The van der Waals surface area contributed by atoms with Gasteiger partial charge >= 0.3 is 0 Å². The summed E-state index contributed by atoms with van der Waals surface area (Å²) in [6, 6.07) is 0.709. The Morgan fingerprint density at radius 3 is 2.88 bits per heavy atom. The molecule has 1 N–H and O–H groups in total. The lowest BCUT2D eigenvalue weighted by molar-refractivity contribution is 0.0666. The smallest absolute Gasteiger partial charge is 0.0502 e. The van der Waals surface area contributed by atoms with Gasteiger partial charge in [0.25, 0.3) is 0 Å². The summed E-state index contributed by atoms with van der Waals surface area (Å²) >= 11 is 0. The highest BCUT2D eigenvalue weighted by atomic mass is 16.5. The monoisotopic (exact) mass is 242 g/mol. The second-order valence-corrected chi connectivity index (χ2v) is 5.22. The van der Waals surface area contributed by atoms with E-state index in [0.29, 0.717) is 6.04 Å². The van der Waals surface area contributed by atoms with Crippen LogP contribution in [0.25, 0.3) is 0 Å². The fourth-order valence-corrected chi connectivity index (χ4v) is 2.78. The van der Waals surface area contributed by atoms with Crippen molar-refractivity contribution < 1.29 is 4.74 Å². The van der Waals surface area contributed by atoms with Gasteiger partial charge in [-0.2, -0.15) is 0 Å². The third kappa shape index (κ3) is 5.36. The summed E-state index contributed by atoms with van der Waals surface area (Å²) in [5.41, 5.74) is 0. The predicted molar refractivity (Wildman–Crippen MR) is 73.4 cm³/mol. The van der Waals surface area contributed by atoms with Crippen molar-refractivity contribution in [3.63, 3.8) is 0 Å². The van der Waals surface area contributed by atoms with Gasteiger partial charge in [0.05, 0.1) is 6.61 Å². The lowest BCUT2D eigenvalue weighted by Gasteiger charge is -2.38. The molecule has 1 fully saturated rings. The number of hydrogen-bond acceptors (Lipinski definition) is 3. The summed E-state index contributed by atoms with van der Waals surface area (Å²) in [5, 5.41) is 3.56. The SMILES string of the molecule is CCCNCC(CC)N1CCCC(COC)C1. The highest BCUT2D eigenvalue weighted by Crippen LogP contribution is 2.19. The first-order valence-electron chi connectivity index (χ1n) is 7.25. The van der Waals surface area contributed by atoms with Crippen molar-refractivity contribution in [3.8, 4) is 0 Å². The molecule has 0 aromatic carbocycles. The fourth-order valence-electron chi connectivity index (χ4n) is 2.78. The first-order valence-corrected chi connectivity index (χ1v) is 7.25. The molecular formula is C14H30N2O. The number of piperidine rings is 1. The van der Waals surface area contributed by atoms with Crippen molar-refractivity contribution >= 4 is 0 Å². The van der Waals surface area contributed by atoms with Crippen molar-refractivity contribution in [3.05, 3.63) is 0 Å². The van der Waals surface area contributed by atoms with E-state index in [1.165, 1.54) is 38.8 Å². The second-order valence-electron chi connectivity index (χ2n) is 5.22. The van der Waals surface area contributed by atoms with Crippen LogP contribution < -0.4 is 5.32 Å². The van der Waals surface area contributed by atoms with Gasteiger partial charge < -0.3 is 10.1 Å². The molecule has 1 aliphatic rings. The molecule has 0 saturated carbocycles. The van der Waals surface area contributed by atoms with E-state index in [9.17, 15) is 0 Å². The molecule has 0 aliphatic carbocycles. The predicted octanol–water partition coefficient (Wildman–Crippen LogP) is 2.12. The molecule has 1 heterocycles. The van der Waals surface area contributed by atoms with E-state index in [0.717, 1.165) is 25.6 Å². The lowest BCUT2D eigenvalue weighted by Crippen LogP contribution is -2.47. The van der Waals surface area contributed by atoms with E-state index in [2.05, 4.69) is 24.1 Å². The Kier molecular flexibility index (Phi) is 7.82. The molecule has 2 unspecified atom stereocenters. The van der Waals surface area contributed by atoms with Gasteiger partial charge in [-0.25, -0.2) is 0 Å². The molecule has 1 saturated heterocycles. The zero-order valence-electron chi connectivity index (χ0n) is 11.9. The molecule has 102 valence electrons. The van der Waals surface area contributed by atoms with Crippen molar-refractivity contribution in [1.82, 2.24) is 10.2 Å². The molecule has 0 aromatic heterocycles. The van der Waals surface area contributed by atoms with Crippen molar-refractivity contribution in [2.24, 2.45) is 5.92 Å². The van der Waals surface area contributed by atoms with Gasteiger partial charge in [-0.05, 0) is 44.7 Å². The van der Waals surface area contributed by atoms with Crippen LogP contribution in [0.2, 0.25) is 0 Å². The fraction of sp³-hybridized carbons (Fsp3) is 1.00. The number of nitrogens with zero attached hydrogens (tertiary/aromatic N) is 1. The first kappa shape index (κ1) is 14.9. The van der Waals surface area contributed by atoms with Crippen LogP contribution >= 0.6 is 0 Å². The molecule has 17 heavy (non-hydrogen) atoms. The van der Waals surface area contributed by atoms with Crippen LogP contribution in [0.3, 0.4) is 0 Å². The maximum absolute atomic E-state index is 5.30. The molecule has 2 atom stereocenters. The number of rotatable bonds is 8. The Hall–Kier alpha value is -0.120. The highest BCUT2D eigenvalue weighted by molar-refractivity contribution is 4.79. The number of nitrogens with one attached hydrogen (secondary N) is 1. The third-order valence-electron chi connectivity index (χ3n) is 3.75. The van der Waals surface area contributed by atoms with Crippen LogP contribution in [0.1, 0.15) is 39.5 Å². The maximum atomic E-state index is 5.30. The normalized spacial score (nSPS) is 23.8. The van der Waals surface area contributed by atoms with Crippen molar-refractivity contribution in [2.75, 3.05) is 39.9 Å². The molecule has 1 rings (SSSR count). The largest absolute Gasteiger partial charge is 0.384 e. The van der Waals surface area contributed by atoms with E-state index in [-0.39, 0.29) is 0 Å². The zero-order chi connectivity index (χ0) is 12.5. The van der Waals surface area contributed by atoms with E-state index < -0.39 is 0 Å². The summed E-state index contributed by atoms with van der Waals surface area (Å²) in [6.45, 7) is 10.2. The highest BCUT2D eigenvalue weighted by Gasteiger charge is 2.24. The van der Waals surface area contributed by atoms with Crippen LogP contribution in [-0.4, -0.2) is 50.8 Å². The zero-order valence-corrected chi connectivity index (χ0v) is 11.9. The second kappa shape index (κ2) is 8.90. The number of methoxy groups -OCH3 is 1. The Bertz CT molecular complexity index is 185. The molecule has 0 amide bonds. The molecule has 3 nitrogen and oxygen atoms in total. The summed E-state index contributed by atoms with van der Waals surface area (Å²) < 4.78 is 5.30. The summed E-state index contributed by atoms with van der Waals surface area (Å²) in [5.74, 6) is 0.744. The Morgan fingerprint density at radius 2 is 2.24 bits per heavy atom. The minimum atomic E-state index is 0.709. The number of hydrogen-bond donors (Lipinski definition) is 1. The van der Waals surface area contributed by atoms with Gasteiger partial charge in [0.1, 0.15) is 0 Å². The van der Waals surface area contributed by atoms with Crippen LogP contribution in [-0.2, 0) is 4.74 Å². The third-order valence-corrected chi connectivity index (χ3v) is 3.75. The molecule has 1 aliphatic heterocycles. The van der Waals surface area contributed by atoms with Gasteiger partial charge in [-0.1, -0.05) is 13.8 Å². The van der Waals surface area contributed by atoms with Crippen LogP contribution in [0.4, 0.5) is 0 Å². The Balaban J connectivity index is 2.33. The summed E-state index contributed by atoms with van der Waals surface area (Å²) in [7, 11) is 1.82. The van der Waals surface area contributed by atoms with Crippen molar-refractivity contribution in [2.45, 2.75) is 45.6 Å². The molecule has 0 spiro atoms. The molecular weight excluding hydrogens is 212 g/mol. The number of ether oxygens (including phenoxy) is 1. The van der Waals surface area contributed by atoms with Crippen LogP contribution in [0.15, 0.2) is 0 Å².